The normalized spacial score (nSPS) is 16.9. The fraction of sp³-hybridized carbons (Fsp3) is 0.577. The molecule has 1 amide bonds. The molecular formula is C26H32F4N4O4. The van der Waals surface area contributed by atoms with Crippen molar-refractivity contribution < 1.29 is 27.1 Å². The van der Waals surface area contributed by atoms with Crippen LogP contribution in [-0.4, -0.2) is 40.5 Å². The largest absolute Gasteiger partial charge is 0.444 e. The van der Waals surface area contributed by atoms with Gasteiger partial charge in [-0.15, -0.1) is 0 Å². The third kappa shape index (κ3) is 5.50. The van der Waals surface area contributed by atoms with Gasteiger partial charge in [-0.25, -0.2) is 14.0 Å². The topological polar surface area (TPSA) is 94.4 Å². The van der Waals surface area contributed by atoms with Crippen molar-refractivity contribution in [3.05, 3.63) is 67.2 Å². The Balaban J connectivity index is 1.79. The summed E-state index contributed by atoms with van der Waals surface area (Å²) >= 11 is 0. The van der Waals surface area contributed by atoms with E-state index < -0.39 is 58.0 Å². The number of halogens is 4. The van der Waals surface area contributed by atoms with Crippen LogP contribution in [0.5, 0.6) is 0 Å². The summed E-state index contributed by atoms with van der Waals surface area (Å²) in [6.45, 7) is 5.36. The molecule has 0 unspecified atom stereocenters. The Morgan fingerprint density at radius 3 is 2.42 bits per heavy atom. The first-order valence-corrected chi connectivity index (χ1v) is 12.6. The number of nitrogens with zero attached hydrogens (tertiary/aromatic N) is 2. The minimum atomic E-state index is -4.83. The molecule has 1 aliphatic carbocycles. The Morgan fingerprint density at radius 1 is 1.11 bits per heavy atom. The summed E-state index contributed by atoms with van der Waals surface area (Å²) in [6.07, 6.45) is -3.39. The Hall–Kier alpha value is -3.15. The molecule has 0 atom stereocenters. The van der Waals surface area contributed by atoms with Crippen molar-refractivity contribution in [3.8, 4) is 0 Å². The number of alkyl carbamates (subject to hydrolysis) is 1. The maximum absolute atomic E-state index is 14.8. The van der Waals surface area contributed by atoms with Crippen LogP contribution in [0.15, 0.2) is 27.8 Å². The van der Waals surface area contributed by atoms with Crippen molar-refractivity contribution >= 4 is 6.09 Å². The van der Waals surface area contributed by atoms with Crippen molar-refractivity contribution in [1.29, 1.82) is 0 Å². The Kier molecular flexibility index (Phi) is 7.48. The summed E-state index contributed by atoms with van der Waals surface area (Å²) in [5.41, 5.74) is -3.70. The van der Waals surface area contributed by atoms with Gasteiger partial charge in [0.15, 0.2) is 0 Å². The standard InChI is InChI=1S/C26H32F4N4O4/c1-24(2,3)38-22(36)32-13-14-33-21(35)20-19(7-8-25(20)9-11-31-12-10-25)34(23(33)37)15-16-17(26(28,29)30)5-4-6-18(16)27/h4-6,31H,7-15H2,1-3H3,(H,32,36). The highest BCUT2D eigenvalue weighted by molar-refractivity contribution is 5.67. The van der Waals surface area contributed by atoms with E-state index in [1.165, 1.54) is 0 Å². The first kappa shape index (κ1) is 27.9. The van der Waals surface area contributed by atoms with Crippen LogP contribution >= 0.6 is 0 Å². The van der Waals surface area contributed by atoms with Crippen molar-refractivity contribution in [2.45, 2.75) is 76.7 Å². The molecule has 0 saturated carbocycles. The van der Waals surface area contributed by atoms with E-state index in [1.54, 1.807) is 20.8 Å². The summed E-state index contributed by atoms with van der Waals surface area (Å²) in [7, 11) is 0. The van der Waals surface area contributed by atoms with E-state index in [2.05, 4.69) is 10.6 Å². The van der Waals surface area contributed by atoms with Gasteiger partial charge < -0.3 is 15.4 Å². The summed E-state index contributed by atoms with van der Waals surface area (Å²) in [6, 6.07) is 2.67. The molecule has 1 aliphatic heterocycles. The Labute approximate surface area is 217 Å². The van der Waals surface area contributed by atoms with Crippen molar-refractivity contribution in [2.24, 2.45) is 0 Å². The Morgan fingerprint density at radius 2 is 1.79 bits per heavy atom. The van der Waals surface area contributed by atoms with E-state index in [4.69, 9.17) is 4.74 Å². The average Bonchev–Trinajstić information content (AvgIpc) is 3.16. The van der Waals surface area contributed by atoms with Crippen LogP contribution in [0, 0.1) is 5.82 Å². The fourth-order valence-electron chi connectivity index (χ4n) is 5.51. The lowest BCUT2D eigenvalue weighted by Crippen LogP contribution is -2.49. The molecule has 2 N–H and O–H groups in total. The van der Waals surface area contributed by atoms with Gasteiger partial charge in [-0.05, 0) is 71.7 Å². The molecule has 1 aromatic carbocycles. The first-order valence-electron chi connectivity index (χ1n) is 12.6. The zero-order valence-electron chi connectivity index (χ0n) is 21.6. The molecule has 4 rings (SSSR count). The zero-order chi connectivity index (χ0) is 27.9. The van der Waals surface area contributed by atoms with Gasteiger partial charge in [0.05, 0.1) is 12.1 Å². The van der Waals surface area contributed by atoms with Gasteiger partial charge in [0.1, 0.15) is 11.4 Å². The van der Waals surface area contributed by atoms with Crippen LogP contribution in [0.3, 0.4) is 0 Å². The molecule has 1 aromatic heterocycles. The molecule has 1 fully saturated rings. The molecule has 1 saturated heterocycles. The van der Waals surface area contributed by atoms with Crippen molar-refractivity contribution in [2.75, 3.05) is 19.6 Å². The van der Waals surface area contributed by atoms with Crippen LogP contribution in [0.25, 0.3) is 0 Å². The van der Waals surface area contributed by atoms with Gasteiger partial charge >= 0.3 is 18.0 Å². The quantitative estimate of drug-likeness (QED) is 0.568. The summed E-state index contributed by atoms with van der Waals surface area (Å²) in [5.74, 6) is -1.08. The number of benzene rings is 1. The Bertz CT molecular complexity index is 1330. The number of piperidine rings is 1. The lowest BCUT2D eigenvalue weighted by atomic mass is 9.75. The number of hydrogen-bond donors (Lipinski definition) is 2. The fourth-order valence-corrected chi connectivity index (χ4v) is 5.51. The predicted octanol–water partition coefficient (Wildman–Crippen LogP) is 3.31. The van der Waals surface area contributed by atoms with Crippen LogP contribution in [0.2, 0.25) is 0 Å². The van der Waals surface area contributed by atoms with Crippen LogP contribution < -0.4 is 21.9 Å². The number of alkyl halides is 3. The minimum absolute atomic E-state index is 0.120. The van der Waals surface area contributed by atoms with E-state index in [1.807, 2.05) is 0 Å². The van der Waals surface area contributed by atoms with Gasteiger partial charge in [-0.3, -0.25) is 13.9 Å². The third-order valence-electron chi connectivity index (χ3n) is 7.21. The van der Waals surface area contributed by atoms with Crippen molar-refractivity contribution in [3.63, 3.8) is 0 Å². The highest BCUT2D eigenvalue weighted by Gasteiger charge is 2.44. The van der Waals surface area contributed by atoms with E-state index in [0.717, 1.165) is 27.3 Å². The third-order valence-corrected chi connectivity index (χ3v) is 7.21. The number of carbonyl (C=O) groups excluding carboxylic acids is 1. The predicted molar refractivity (Wildman–Crippen MR) is 132 cm³/mol. The van der Waals surface area contributed by atoms with Gasteiger partial charge in [-0.1, -0.05) is 6.07 Å². The second kappa shape index (κ2) is 10.2. The molecule has 0 bridgehead atoms. The lowest BCUT2D eigenvalue weighted by molar-refractivity contribution is -0.138. The molecule has 0 radical (unpaired) electrons. The number of rotatable bonds is 5. The molecule has 2 heterocycles. The maximum atomic E-state index is 14.8. The molecule has 38 heavy (non-hydrogen) atoms. The molecule has 8 nitrogen and oxygen atoms in total. The molecule has 2 aliphatic rings. The number of carbonyl (C=O) groups is 1. The highest BCUT2D eigenvalue weighted by Crippen LogP contribution is 2.43. The maximum Gasteiger partial charge on any atom is 0.416 e. The highest BCUT2D eigenvalue weighted by atomic mass is 19.4. The first-order chi connectivity index (χ1) is 17.7. The SMILES string of the molecule is CC(C)(C)OC(=O)NCCn1c(=O)c2c(n(Cc3c(F)cccc3C(F)(F)F)c1=O)CCC21CCNCC1. The van der Waals surface area contributed by atoms with Gasteiger partial charge in [0, 0.05) is 35.3 Å². The minimum Gasteiger partial charge on any atom is -0.444 e. The molecule has 12 heteroatoms. The van der Waals surface area contributed by atoms with Gasteiger partial charge in [0.2, 0.25) is 0 Å². The number of ether oxygens (including phenoxy) is 1. The number of nitrogens with one attached hydrogen (secondary N) is 2. The average molecular weight is 541 g/mol. The van der Waals surface area contributed by atoms with Crippen LogP contribution in [0.1, 0.15) is 62.4 Å². The van der Waals surface area contributed by atoms with E-state index in [9.17, 15) is 31.9 Å². The summed E-state index contributed by atoms with van der Waals surface area (Å²) < 4.78 is 63.2. The monoisotopic (exact) mass is 540 g/mol. The molecule has 2 aromatic rings. The van der Waals surface area contributed by atoms with Crippen molar-refractivity contribution in [1.82, 2.24) is 19.8 Å². The van der Waals surface area contributed by atoms with Gasteiger partial charge in [0.25, 0.3) is 5.56 Å². The lowest BCUT2D eigenvalue weighted by Gasteiger charge is -2.34. The van der Waals surface area contributed by atoms with E-state index in [-0.39, 0.29) is 13.1 Å². The number of aromatic nitrogens is 2. The summed E-state index contributed by atoms with van der Waals surface area (Å²) in [5, 5.41) is 5.75. The second-order valence-corrected chi connectivity index (χ2v) is 10.9. The number of fused-ring (bicyclic) bond motifs is 2. The summed E-state index contributed by atoms with van der Waals surface area (Å²) in [4.78, 5) is 39.3. The number of hydrogen-bond acceptors (Lipinski definition) is 5. The number of amides is 1. The smallest absolute Gasteiger partial charge is 0.416 e. The van der Waals surface area contributed by atoms with Crippen LogP contribution in [0.4, 0.5) is 22.4 Å². The van der Waals surface area contributed by atoms with Crippen LogP contribution in [-0.2, 0) is 35.8 Å². The van der Waals surface area contributed by atoms with Gasteiger partial charge in [-0.2, -0.15) is 13.2 Å². The molecule has 208 valence electrons. The zero-order valence-corrected chi connectivity index (χ0v) is 21.6. The second-order valence-electron chi connectivity index (χ2n) is 10.9. The van der Waals surface area contributed by atoms with E-state index in [0.29, 0.717) is 50.0 Å². The molecular weight excluding hydrogens is 508 g/mol. The van der Waals surface area contributed by atoms with E-state index >= 15 is 0 Å². The molecule has 1 spiro atoms.